The maximum absolute atomic E-state index is 11.7. The van der Waals surface area contributed by atoms with E-state index in [0.29, 0.717) is 5.92 Å². The van der Waals surface area contributed by atoms with Crippen molar-refractivity contribution in [3.63, 3.8) is 0 Å². The molecule has 1 aromatic rings. The molecule has 0 spiro atoms. The highest BCUT2D eigenvalue weighted by Crippen LogP contribution is 2.21. The number of benzene rings is 1. The Bertz CT molecular complexity index is 386. The van der Waals surface area contributed by atoms with Crippen LogP contribution in [-0.4, -0.2) is 19.0 Å². The van der Waals surface area contributed by atoms with Crippen LogP contribution in [0.25, 0.3) is 0 Å². The van der Waals surface area contributed by atoms with Gasteiger partial charge in [0, 0.05) is 13.1 Å². The van der Waals surface area contributed by atoms with Gasteiger partial charge in [0.2, 0.25) is 5.91 Å². The minimum atomic E-state index is -0.185. The van der Waals surface area contributed by atoms with E-state index in [1.165, 1.54) is 5.56 Å². The molecule has 3 nitrogen and oxygen atoms in total. The highest BCUT2D eigenvalue weighted by Gasteiger charge is 2.22. The molecular formula is C14H20N2O. The third-order valence-corrected chi connectivity index (χ3v) is 3.49. The van der Waals surface area contributed by atoms with Crippen LogP contribution < -0.4 is 10.6 Å². The van der Waals surface area contributed by atoms with Gasteiger partial charge in [0.1, 0.15) is 6.04 Å². The smallest absolute Gasteiger partial charge is 0.241 e. The maximum Gasteiger partial charge on any atom is 0.241 e. The third kappa shape index (κ3) is 2.67. The first-order chi connectivity index (χ1) is 8.22. The molecule has 2 N–H and O–H groups in total. The lowest BCUT2D eigenvalue weighted by Gasteiger charge is -2.24. The topological polar surface area (TPSA) is 41.1 Å². The summed E-state index contributed by atoms with van der Waals surface area (Å²) >= 11 is 0. The van der Waals surface area contributed by atoms with Crippen molar-refractivity contribution in [1.82, 2.24) is 10.6 Å². The first-order valence-corrected chi connectivity index (χ1v) is 6.33. The van der Waals surface area contributed by atoms with Gasteiger partial charge in [-0.1, -0.05) is 38.1 Å². The van der Waals surface area contributed by atoms with Gasteiger partial charge in [-0.3, -0.25) is 4.79 Å². The van der Waals surface area contributed by atoms with Crippen LogP contribution in [0.5, 0.6) is 0 Å². The van der Waals surface area contributed by atoms with Crippen LogP contribution >= 0.6 is 0 Å². The van der Waals surface area contributed by atoms with E-state index < -0.39 is 0 Å². The Labute approximate surface area is 103 Å². The van der Waals surface area contributed by atoms with Crippen molar-refractivity contribution in [2.45, 2.75) is 32.2 Å². The van der Waals surface area contributed by atoms with Crippen LogP contribution in [-0.2, 0) is 4.79 Å². The fourth-order valence-corrected chi connectivity index (χ4v) is 2.12. The summed E-state index contributed by atoms with van der Waals surface area (Å²) < 4.78 is 0. The number of hydrogen-bond acceptors (Lipinski definition) is 2. The van der Waals surface area contributed by atoms with Gasteiger partial charge in [0.15, 0.2) is 0 Å². The van der Waals surface area contributed by atoms with E-state index in [2.05, 4.69) is 48.7 Å². The summed E-state index contributed by atoms with van der Waals surface area (Å²) in [4.78, 5) is 11.7. The number of piperazine rings is 1. The molecule has 17 heavy (non-hydrogen) atoms. The predicted molar refractivity (Wildman–Crippen MR) is 68.9 cm³/mol. The Balaban J connectivity index is 2.14. The number of hydrogen-bond donors (Lipinski definition) is 2. The van der Waals surface area contributed by atoms with Crippen LogP contribution in [0.3, 0.4) is 0 Å². The fraction of sp³-hybridized carbons (Fsp3) is 0.500. The van der Waals surface area contributed by atoms with Crippen LogP contribution in [0.15, 0.2) is 24.3 Å². The zero-order chi connectivity index (χ0) is 12.3. The number of rotatable bonds is 3. The molecule has 0 bridgehead atoms. The van der Waals surface area contributed by atoms with Gasteiger partial charge < -0.3 is 10.6 Å². The largest absolute Gasteiger partial charge is 0.353 e. The van der Waals surface area contributed by atoms with E-state index in [9.17, 15) is 4.79 Å². The molecule has 1 aliphatic heterocycles. The van der Waals surface area contributed by atoms with Gasteiger partial charge in [-0.25, -0.2) is 0 Å². The summed E-state index contributed by atoms with van der Waals surface area (Å²) in [5.74, 6) is 0.657. The second-order valence-corrected chi connectivity index (χ2v) is 4.65. The number of amides is 1. The van der Waals surface area contributed by atoms with E-state index >= 15 is 0 Å². The molecule has 2 unspecified atom stereocenters. The Hall–Kier alpha value is -1.35. The highest BCUT2D eigenvalue weighted by molar-refractivity contribution is 5.83. The lowest BCUT2D eigenvalue weighted by atomic mass is 9.95. The molecule has 0 aromatic heterocycles. The van der Waals surface area contributed by atoms with Gasteiger partial charge in [-0.2, -0.15) is 0 Å². The minimum absolute atomic E-state index is 0.0764. The molecule has 0 aliphatic carbocycles. The van der Waals surface area contributed by atoms with Gasteiger partial charge in [-0.15, -0.1) is 0 Å². The number of carbonyl (C=O) groups is 1. The summed E-state index contributed by atoms with van der Waals surface area (Å²) in [6, 6.07) is 8.20. The Morgan fingerprint density at radius 3 is 2.59 bits per heavy atom. The van der Waals surface area contributed by atoms with E-state index in [0.717, 1.165) is 25.1 Å². The van der Waals surface area contributed by atoms with Gasteiger partial charge in [0.05, 0.1) is 0 Å². The quantitative estimate of drug-likeness (QED) is 0.836. The summed E-state index contributed by atoms with van der Waals surface area (Å²) in [6.45, 7) is 5.97. The average Bonchev–Trinajstić information content (AvgIpc) is 2.39. The molecule has 1 saturated heterocycles. The zero-order valence-electron chi connectivity index (χ0n) is 10.5. The zero-order valence-corrected chi connectivity index (χ0v) is 10.5. The Kier molecular flexibility index (Phi) is 3.79. The second-order valence-electron chi connectivity index (χ2n) is 4.65. The van der Waals surface area contributed by atoms with Crippen molar-refractivity contribution in [3.05, 3.63) is 35.4 Å². The fourth-order valence-electron chi connectivity index (χ4n) is 2.12. The van der Waals surface area contributed by atoms with E-state index in [-0.39, 0.29) is 11.9 Å². The standard InChI is InChI=1S/C14H20N2O/c1-3-10(2)11-4-6-12(7-5-11)13-14(17)16-9-8-15-13/h4-7,10,13,15H,3,8-9H2,1-2H3,(H,16,17). The maximum atomic E-state index is 11.7. The van der Waals surface area contributed by atoms with Crippen molar-refractivity contribution in [3.8, 4) is 0 Å². The molecule has 2 atom stereocenters. The summed E-state index contributed by atoms with van der Waals surface area (Å²) in [7, 11) is 0. The molecule has 0 radical (unpaired) electrons. The summed E-state index contributed by atoms with van der Waals surface area (Å²) in [5, 5.41) is 6.11. The molecule has 1 heterocycles. The number of nitrogens with one attached hydrogen (secondary N) is 2. The second kappa shape index (κ2) is 5.32. The van der Waals surface area contributed by atoms with Crippen LogP contribution in [0, 0.1) is 0 Å². The third-order valence-electron chi connectivity index (χ3n) is 3.49. The van der Waals surface area contributed by atoms with E-state index in [4.69, 9.17) is 0 Å². The normalized spacial score (nSPS) is 22.0. The molecule has 1 aromatic carbocycles. The van der Waals surface area contributed by atoms with E-state index in [1.54, 1.807) is 0 Å². The van der Waals surface area contributed by atoms with Crippen molar-refractivity contribution in [1.29, 1.82) is 0 Å². The monoisotopic (exact) mass is 232 g/mol. The molecule has 1 aliphatic rings. The average molecular weight is 232 g/mol. The predicted octanol–water partition coefficient (Wildman–Crippen LogP) is 1.96. The molecule has 3 heteroatoms. The first kappa shape index (κ1) is 12.1. The van der Waals surface area contributed by atoms with Crippen molar-refractivity contribution < 1.29 is 4.79 Å². The Morgan fingerprint density at radius 2 is 2.00 bits per heavy atom. The van der Waals surface area contributed by atoms with E-state index in [1.807, 2.05) is 0 Å². The minimum Gasteiger partial charge on any atom is -0.353 e. The SMILES string of the molecule is CCC(C)c1ccc(C2NCCNC2=O)cc1. The van der Waals surface area contributed by atoms with Crippen LogP contribution in [0.4, 0.5) is 0 Å². The number of carbonyl (C=O) groups excluding carboxylic acids is 1. The molecule has 2 rings (SSSR count). The lowest BCUT2D eigenvalue weighted by molar-refractivity contribution is -0.124. The molecule has 1 fully saturated rings. The first-order valence-electron chi connectivity index (χ1n) is 6.33. The highest BCUT2D eigenvalue weighted by atomic mass is 16.2. The van der Waals surface area contributed by atoms with Crippen molar-refractivity contribution in [2.24, 2.45) is 0 Å². The van der Waals surface area contributed by atoms with Gasteiger partial charge >= 0.3 is 0 Å². The van der Waals surface area contributed by atoms with Crippen LogP contribution in [0.2, 0.25) is 0 Å². The van der Waals surface area contributed by atoms with Crippen molar-refractivity contribution >= 4 is 5.91 Å². The Morgan fingerprint density at radius 1 is 1.29 bits per heavy atom. The molecule has 92 valence electrons. The summed E-state index contributed by atoms with van der Waals surface area (Å²) in [6.07, 6.45) is 1.14. The molecule has 1 amide bonds. The summed E-state index contributed by atoms with van der Waals surface area (Å²) in [5.41, 5.74) is 2.39. The van der Waals surface area contributed by atoms with Gasteiger partial charge in [-0.05, 0) is 23.5 Å². The van der Waals surface area contributed by atoms with Crippen molar-refractivity contribution in [2.75, 3.05) is 13.1 Å². The molecule has 0 saturated carbocycles. The van der Waals surface area contributed by atoms with Gasteiger partial charge in [0.25, 0.3) is 0 Å². The van der Waals surface area contributed by atoms with Crippen LogP contribution in [0.1, 0.15) is 43.4 Å². The lowest BCUT2D eigenvalue weighted by Crippen LogP contribution is -2.47. The molecular weight excluding hydrogens is 212 g/mol.